The molecule has 26 heavy (non-hydrogen) atoms. The largest absolute Gasteiger partial charge is 0.299 e. The third-order valence-corrected chi connectivity index (χ3v) is 8.00. The minimum absolute atomic E-state index is 0.0996. The van der Waals surface area contributed by atoms with Crippen LogP contribution >= 0.6 is 11.6 Å². The molecular weight excluding hydrogens is 344 g/mol. The molecule has 0 bridgehead atoms. The van der Waals surface area contributed by atoms with Gasteiger partial charge >= 0.3 is 0 Å². The van der Waals surface area contributed by atoms with Gasteiger partial charge in [-0.2, -0.15) is 0 Å². The lowest BCUT2D eigenvalue weighted by atomic mass is 9.53. The Morgan fingerprint density at radius 3 is 2.73 bits per heavy atom. The highest BCUT2D eigenvalue weighted by Crippen LogP contribution is 2.61. The molecule has 0 heterocycles. The van der Waals surface area contributed by atoms with E-state index in [1.165, 1.54) is 30.4 Å². The number of ketones is 2. The molecule has 0 amide bonds. The summed E-state index contributed by atoms with van der Waals surface area (Å²) in [7, 11) is 0. The molecule has 2 nitrogen and oxygen atoms in total. The Kier molecular flexibility index (Phi) is 5.16. The average molecular weight is 375 g/mol. The van der Waals surface area contributed by atoms with Crippen LogP contribution in [-0.2, 0) is 9.59 Å². The highest BCUT2D eigenvalue weighted by molar-refractivity contribution is 6.17. The van der Waals surface area contributed by atoms with E-state index in [2.05, 4.69) is 6.92 Å². The highest BCUT2D eigenvalue weighted by atomic mass is 35.5. The Morgan fingerprint density at radius 2 is 1.92 bits per heavy atom. The van der Waals surface area contributed by atoms with Crippen LogP contribution in [-0.4, -0.2) is 17.4 Å². The van der Waals surface area contributed by atoms with Crippen molar-refractivity contribution in [2.45, 2.75) is 77.6 Å². The molecule has 0 aromatic carbocycles. The maximum absolute atomic E-state index is 12.8. The molecular formula is C23H31ClO2. The summed E-state index contributed by atoms with van der Waals surface area (Å²) in [5, 5.41) is 0. The second kappa shape index (κ2) is 7.26. The zero-order chi connectivity index (χ0) is 18.3. The Labute approximate surface area is 162 Å². The zero-order valence-electron chi connectivity index (χ0n) is 16.0. The predicted molar refractivity (Wildman–Crippen MR) is 105 cm³/mol. The molecule has 0 saturated heterocycles. The Hall–Kier alpha value is -0.890. The molecule has 2 saturated carbocycles. The van der Waals surface area contributed by atoms with Crippen LogP contribution in [0.2, 0.25) is 0 Å². The van der Waals surface area contributed by atoms with Crippen LogP contribution in [0.3, 0.4) is 0 Å². The summed E-state index contributed by atoms with van der Waals surface area (Å²) in [5.74, 6) is 3.21. The van der Waals surface area contributed by atoms with Crippen molar-refractivity contribution in [2.75, 3.05) is 5.88 Å². The normalized spacial score (nSPS) is 36.5. The summed E-state index contributed by atoms with van der Waals surface area (Å²) in [4.78, 5) is 24.7. The van der Waals surface area contributed by atoms with Crippen LogP contribution in [0, 0.1) is 23.2 Å². The molecule has 4 rings (SSSR count). The number of alkyl halides is 1. The molecule has 0 aromatic heterocycles. The lowest BCUT2D eigenvalue weighted by Crippen LogP contribution is -2.44. The molecule has 4 aliphatic carbocycles. The van der Waals surface area contributed by atoms with Gasteiger partial charge in [-0.1, -0.05) is 25.3 Å². The van der Waals surface area contributed by atoms with Gasteiger partial charge in [-0.15, -0.1) is 11.6 Å². The van der Waals surface area contributed by atoms with E-state index in [1.54, 1.807) is 5.57 Å². The quantitative estimate of drug-likeness (QED) is 0.451. The fourth-order valence-corrected chi connectivity index (χ4v) is 6.71. The third-order valence-electron chi connectivity index (χ3n) is 7.74. The van der Waals surface area contributed by atoms with Crippen molar-refractivity contribution in [3.05, 3.63) is 22.8 Å². The van der Waals surface area contributed by atoms with Crippen molar-refractivity contribution in [3.63, 3.8) is 0 Å². The third kappa shape index (κ3) is 3.03. The van der Waals surface area contributed by atoms with Crippen molar-refractivity contribution in [1.29, 1.82) is 0 Å². The fourth-order valence-electron chi connectivity index (χ4n) is 6.52. The minimum atomic E-state index is -0.0996. The molecule has 4 atom stereocenters. The number of fused-ring (bicyclic) bond motifs is 4. The first kappa shape index (κ1) is 18.5. The molecule has 3 heteroatoms. The van der Waals surface area contributed by atoms with E-state index in [1.807, 2.05) is 6.08 Å². The molecule has 142 valence electrons. The van der Waals surface area contributed by atoms with Gasteiger partial charge in [0, 0.05) is 24.1 Å². The van der Waals surface area contributed by atoms with Gasteiger partial charge in [0.05, 0.1) is 0 Å². The van der Waals surface area contributed by atoms with Crippen LogP contribution in [0.4, 0.5) is 0 Å². The van der Waals surface area contributed by atoms with Gasteiger partial charge in [-0.25, -0.2) is 0 Å². The van der Waals surface area contributed by atoms with Crippen molar-refractivity contribution < 1.29 is 9.59 Å². The van der Waals surface area contributed by atoms with Crippen LogP contribution < -0.4 is 0 Å². The molecule has 0 aromatic rings. The predicted octanol–water partition coefficient (Wildman–Crippen LogP) is 5.79. The SMILES string of the molecule is C[C@]12CC(CCCCCCl)C3=C4CCC(=O)C=C4CC[C@H]3[C@@H]1CCC2=O. The topological polar surface area (TPSA) is 34.1 Å². The molecule has 4 aliphatic rings. The minimum Gasteiger partial charge on any atom is -0.299 e. The summed E-state index contributed by atoms with van der Waals surface area (Å²) in [6, 6.07) is 0. The molecule has 0 N–H and O–H groups in total. The van der Waals surface area contributed by atoms with Gasteiger partial charge in [0.2, 0.25) is 0 Å². The van der Waals surface area contributed by atoms with Gasteiger partial charge in [0.1, 0.15) is 5.78 Å². The van der Waals surface area contributed by atoms with Crippen molar-refractivity contribution >= 4 is 23.2 Å². The smallest absolute Gasteiger partial charge is 0.156 e. The first-order chi connectivity index (χ1) is 12.5. The molecule has 0 aliphatic heterocycles. The Morgan fingerprint density at radius 1 is 1.08 bits per heavy atom. The summed E-state index contributed by atoms with van der Waals surface area (Å²) in [6.07, 6.45) is 13.3. The lowest BCUT2D eigenvalue weighted by Gasteiger charge is -2.50. The van der Waals surface area contributed by atoms with Crippen LogP contribution in [0.5, 0.6) is 0 Å². The number of unbranched alkanes of at least 4 members (excludes halogenated alkanes) is 2. The fraction of sp³-hybridized carbons (Fsp3) is 0.739. The zero-order valence-corrected chi connectivity index (χ0v) is 16.7. The molecule has 1 unspecified atom stereocenters. The summed E-state index contributed by atoms with van der Waals surface area (Å²) >= 11 is 5.86. The van der Waals surface area contributed by atoms with Crippen molar-refractivity contribution in [3.8, 4) is 0 Å². The lowest BCUT2D eigenvalue weighted by molar-refractivity contribution is -0.129. The molecule has 0 spiro atoms. The summed E-state index contributed by atoms with van der Waals surface area (Å²) in [6.45, 7) is 2.26. The van der Waals surface area contributed by atoms with Gasteiger partial charge in [-0.3, -0.25) is 9.59 Å². The van der Waals surface area contributed by atoms with Crippen molar-refractivity contribution in [2.24, 2.45) is 23.2 Å². The van der Waals surface area contributed by atoms with Crippen molar-refractivity contribution in [1.82, 2.24) is 0 Å². The summed E-state index contributed by atoms with van der Waals surface area (Å²) < 4.78 is 0. The highest BCUT2D eigenvalue weighted by Gasteiger charge is 2.55. The van der Waals surface area contributed by atoms with E-state index in [-0.39, 0.29) is 5.41 Å². The van der Waals surface area contributed by atoms with E-state index in [9.17, 15) is 9.59 Å². The average Bonchev–Trinajstić information content (AvgIpc) is 2.93. The summed E-state index contributed by atoms with van der Waals surface area (Å²) in [5.41, 5.74) is 4.41. The Bertz CT molecular complexity index is 674. The number of hydrogen-bond acceptors (Lipinski definition) is 2. The maximum Gasteiger partial charge on any atom is 0.156 e. The number of Topliss-reactive ketones (excluding diaryl/α,β-unsaturated/α-hetero) is 1. The van der Waals surface area contributed by atoms with E-state index < -0.39 is 0 Å². The number of rotatable bonds is 5. The number of halogens is 1. The second-order valence-corrected chi connectivity index (χ2v) is 9.52. The van der Waals surface area contributed by atoms with Gasteiger partial charge in [0.15, 0.2) is 5.78 Å². The van der Waals surface area contributed by atoms with Gasteiger partial charge in [-0.05, 0) is 79.9 Å². The molecule has 0 radical (unpaired) electrons. The first-order valence-electron chi connectivity index (χ1n) is 10.6. The van der Waals surface area contributed by atoms with Gasteiger partial charge < -0.3 is 0 Å². The monoisotopic (exact) mass is 374 g/mol. The van der Waals surface area contributed by atoms with Gasteiger partial charge in [0.25, 0.3) is 0 Å². The molecule has 2 fully saturated rings. The van der Waals surface area contributed by atoms with E-state index in [0.29, 0.717) is 35.7 Å². The van der Waals surface area contributed by atoms with Crippen LogP contribution in [0.25, 0.3) is 0 Å². The number of carbonyl (C=O) groups is 2. The second-order valence-electron chi connectivity index (χ2n) is 9.14. The Balaban J connectivity index is 1.69. The number of carbonyl (C=O) groups excluding carboxylic acids is 2. The maximum atomic E-state index is 12.8. The van der Waals surface area contributed by atoms with Crippen LogP contribution in [0.1, 0.15) is 77.6 Å². The van der Waals surface area contributed by atoms with E-state index in [0.717, 1.165) is 50.8 Å². The number of hydrogen-bond donors (Lipinski definition) is 0. The van der Waals surface area contributed by atoms with Crippen LogP contribution in [0.15, 0.2) is 22.8 Å². The standard InChI is InChI=1S/C23H31ClO2/c1-23-14-16(5-3-2-4-12-24)22-18-9-7-17(25)13-15(18)6-8-19(22)20(23)10-11-21(23)26/h13,16,19-20H,2-12,14H2,1H3/t16?,19-,20-,23-/m0/s1. The first-order valence-corrected chi connectivity index (χ1v) is 11.1. The van der Waals surface area contributed by atoms with E-state index >= 15 is 0 Å². The number of allylic oxidation sites excluding steroid dienone is 4. The van der Waals surface area contributed by atoms with E-state index in [4.69, 9.17) is 11.6 Å².